The maximum atomic E-state index is 12.8. The van der Waals surface area contributed by atoms with Crippen LogP contribution in [0.15, 0.2) is 42.5 Å². The van der Waals surface area contributed by atoms with E-state index in [2.05, 4.69) is 5.32 Å². The van der Waals surface area contributed by atoms with Gasteiger partial charge in [-0.2, -0.15) is 0 Å². The summed E-state index contributed by atoms with van der Waals surface area (Å²) in [5.74, 6) is -0.155. The highest BCUT2D eigenvalue weighted by Gasteiger charge is 2.16. The molecule has 1 N–H and O–H groups in total. The Morgan fingerprint density at radius 1 is 1.27 bits per heavy atom. The number of amides is 1. The summed E-state index contributed by atoms with van der Waals surface area (Å²) in [6, 6.07) is 10.3. The van der Waals surface area contributed by atoms with E-state index in [4.69, 9.17) is 4.74 Å². The van der Waals surface area contributed by atoms with E-state index < -0.39 is 4.92 Å². The van der Waals surface area contributed by atoms with Crippen LogP contribution < -0.4 is 10.1 Å². The molecule has 0 saturated heterocycles. The van der Waals surface area contributed by atoms with E-state index in [1.165, 1.54) is 36.4 Å². The van der Waals surface area contributed by atoms with Gasteiger partial charge in [0.1, 0.15) is 23.9 Å². The minimum atomic E-state index is -0.525. The summed E-state index contributed by atoms with van der Waals surface area (Å²) in [6.07, 6.45) is 0. The number of carbonyl (C=O) groups is 1. The molecule has 2 rings (SSSR count). The van der Waals surface area contributed by atoms with Crippen molar-refractivity contribution >= 4 is 17.3 Å². The summed E-state index contributed by atoms with van der Waals surface area (Å²) in [4.78, 5) is 24.4. The van der Waals surface area contributed by atoms with Crippen molar-refractivity contribution < 1.29 is 18.8 Å². The predicted octanol–water partition coefficient (Wildman–Crippen LogP) is 2.99. The molecule has 1 amide bonds. The average molecular weight is 361 g/mol. The van der Waals surface area contributed by atoms with Crippen LogP contribution in [-0.2, 0) is 4.79 Å². The topological polar surface area (TPSA) is 84.7 Å². The van der Waals surface area contributed by atoms with Gasteiger partial charge in [-0.05, 0) is 49.9 Å². The second-order valence-corrected chi connectivity index (χ2v) is 5.87. The molecule has 0 saturated carbocycles. The molecule has 2 aromatic rings. The van der Waals surface area contributed by atoms with Crippen molar-refractivity contribution in [2.24, 2.45) is 0 Å². The number of likely N-dealkylation sites (N-methyl/N-ethyl adjacent to an activating group) is 1. The summed E-state index contributed by atoms with van der Waals surface area (Å²) in [7, 11) is 1.73. The molecule has 26 heavy (non-hydrogen) atoms. The number of nitro groups is 1. The fourth-order valence-corrected chi connectivity index (χ4v) is 2.26. The molecule has 0 aromatic heterocycles. The Labute approximate surface area is 150 Å². The van der Waals surface area contributed by atoms with Crippen LogP contribution in [0.2, 0.25) is 0 Å². The van der Waals surface area contributed by atoms with Gasteiger partial charge in [0.15, 0.2) is 0 Å². The van der Waals surface area contributed by atoms with Gasteiger partial charge < -0.3 is 10.1 Å². The summed E-state index contributed by atoms with van der Waals surface area (Å²) in [6.45, 7) is 2.58. The highest BCUT2D eigenvalue weighted by molar-refractivity contribution is 5.94. The quantitative estimate of drug-likeness (QED) is 0.577. The second kappa shape index (κ2) is 8.91. The Hall–Kier alpha value is -3.00. The van der Waals surface area contributed by atoms with Gasteiger partial charge in [-0.3, -0.25) is 19.8 Å². The molecule has 0 bridgehead atoms. The van der Waals surface area contributed by atoms with E-state index >= 15 is 0 Å². The van der Waals surface area contributed by atoms with Crippen LogP contribution in [0.1, 0.15) is 5.56 Å². The van der Waals surface area contributed by atoms with Crippen molar-refractivity contribution in [1.29, 1.82) is 0 Å². The number of nitrogens with one attached hydrogen (secondary N) is 1. The standard InChI is InChI=1S/C18H20FN3O4/c1-13-3-8-16(17(11-13)22(24)25)20-18(23)12-21(2)9-10-26-15-6-4-14(19)5-7-15/h3-8,11H,9-10,12H2,1-2H3,(H,20,23). The Kier molecular flexibility index (Phi) is 6.62. The molecular formula is C18H20FN3O4. The molecule has 0 aliphatic rings. The number of halogens is 1. The van der Waals surface area contributed by atoms with E-state index in [9.17, 15) is 19.3 Å². The van der Waals surface area contributed by atoms with Crippen molar-refractivity contribution in [3.05, 3.63) is 64.0 Å². The maximum absolute atomic E-state index is 12.8. The number of rotatable bonds is 8. The molecule has 0 spiro atoms. The first-order valence-corrected chi connectivity index (χ1v) is 7.97. The minimum Gasteiger partial charge on any atom is -0.492 e. The van der Waals surface area contributed by atoms with Gasteiger partial charge in [-0.25, -0.2) is 4.39 Å². The molecule has 0 unspecified atom stereocenters. The normalized spacial score (nSPS) is 10.6. The predicted molar refractivity (Wildman–Crippen MR) is 95.9 cm³/mol. The smallest absolute Gasteiger partial charge is 0.293 e. The number of aryl methyl sites for hydroxylation is 1. The Morgan fingerprint density at radius 3 is 2.62 bits per heavy atom. The van der Waals surface area contributed by atoms with Gasteiger partial charge in [0.05, 0.1) is 11.5 Å². The summed E-state index contributed by atoms with van der Waals surface area (Å²) in [5.41, 5.74) is 0.770. The molecule has 0 aliphatic heterocycles. The SMILES string of the molecule is Cc1ccc(NC(=O)CN(C)CCOc2ccc(F)cc2)c([N+](=O)[O-])c1. The van der Waals surface area contributed by atoms with Crippen LogP contribution in [-0.4, -0.2) is 42.5 Å². The lowest BCUT2D eigenvalue weighted by Gasteiger charge is -2.16. The molecule has 2 aromatic carbocycles. The van der Waals surface area contributed by atoms with Gasteiger partial charge in [-0.1, -0.05) is 6.07 Å². The zero-order chi connectivity index (χ0) is 19.1. The molecule has 0 heterocycles. The monoisotopic (exact) mass is 361 g/mol. The first-order valence-electron chi connectivity index (χ1n) is 7.97. The van der Waals surface area contributed by atoms with Crippen molar-refractivity contribution in [2.45, 2.75) is 6.92 Å². The lowest BCUT2D eigenvalue weighted by molar-refractivity contribution is -0.384. The lowest BCUT2D eigenvalue weighted by Crippen LogP contribution is -2.33. The van der Waals surface area contributed by atoms with Gasteiger partial charge in [0.25, 0.3) is 5.69 Å². The third kappa shape index (κ3) is 5.82. The number of anilines is 1. The summed E-state index contributed by atoms with van der Waals surface area (Å²) < 4.78 is 18.3. The minimum absolute atomic E-state index is 0.0534. The van der Waals surface area contributed by atoms with Crippen LogP contribution in [0.4, 0.5) is 15.8 Å². The van der Waals surface area contributed by atoms with Crippen molar-refractivity contribution in [3.63, 3.8) is 0 Å². The molecule has 0 fully saturated rings. The van der Waals surface area contributed by atoms with E-state index in [0.717, 1.165) is 5.56 Å². The average Bonchev–Trinajstić information content (AvgIpc) is 2.58. The fourth-order valence-electron chi connectivity index (χ4n) is 2.26. The zero-order valence-electron chi connectivity index (χ0n) is 14.6. The molecule has 8 heteroatoms. The third-order valence-electron chi connectivity index (χ3n) is 3.59. The third-order valence-corrected chi connectivity index (χ3v) is 3.59. The number of benzene rings is 2. The number of hydrogen-bond acceptors (Lipinski definition) is 5. The first kappa shape index (κ1) is 19.3. The van der Waals surface area contributed by atoms with Crippen LogP contribution in [0, 0.1) is 22.9 Å². The molecular weight excluding hydrogens is 341 g/mol. The van der Waals surface area contributed by atoms with Gasteiger partial charge >= 0.3 is 0 Å². The Morgan fingerprint density at radius 2 is 1.96 bits per heavy atom. The van der Waals surface area contributed by atoms with Crippen molar-refractivity contribution in [2.75, 3.05) is 32.1 Å². The molecule has 138 valence electrons. The number of hydrogen-bond donors (Lipinski definition) is 1. The van der Waals surface area contributed by atoms with E-state index in [1.54, 1.807) is 24.9 Å². The number of ether oxygens (including phenoxy) is 1. The summed E-state index contributed by atoms with van der Waals surface area (Å²) in [5, 5.41) is 13.6. The molecule has 0 radical (unpaired) electrons. The van der Waals surface area contributed by atoms with E-state index in [0.29, 0.717) is 18.9 Å². The van der Waals surface area contributed by atoms with Crippen LogP contribution in [0.5, 0.6) is 5.75 Å². The molecule has 7 nitrogen and oxygen atoms in total. The van der Waals surface area contributed by atoms with Crippen molar-refractivity contribution in [3.8, 4) is 5.75 Å². The lowest BCUT2D eigenvalue weighted by atomic mass is 10.2. The Balaban J connectivity index is 1.82. The highest BCUT2D eigenvalue weighted by Crippen LogP contribution is 2.25. The van der Waals surface area contributed by atoms with E-state index in [-0.39, 0.29) is 29.6 Å². The highest BCUT2D eigenvalue weighted by atomic mass is 19.1. The van der Waals surface area contributed by atoms with Gasteiger partial charge in [0.2, 0.25) is 5.91 Å². The number of carbonyl (C=O) groups excluding carboxylic acids is 1. The zero-order valence-corrected chi connectivity index (χ0v) is 14.6. The molecule has 0 atom stereocenters. The van der Waals surface area contributed by atoms with Crippen LogP contribution in [0.25, 0.3) is 0 Å². The van der Waals surface area contributed by atoms with Crippen LogP contribution in [0.3, 0.4) is 0 Å². The van der Waals surface area contributed by atoms with E-state index in [1.807, 2.05) is 0 Å². The number of nitrogens with zero attached hydrogens (tertiary/aromatic N) is 2. The fraction of sp³-hybridized carbons (Fsp3) is 0.278. The number of nitro benzene ring substituents is 1. The van der Waals surface area contributed by atoms with Crippen molar-refractivity contribution in [1.82, 2.24) is 4.90 Å². The molecule has 0 aliphatic carbocycles. The van der Waals surface area contributed by atoms with Gasteiger partial charge in [-0.15, -0.1) is 0 Å². The van der Waals surface area contributed by atoms with Gasteiger partial charge in [0, 0.05) is 12.6 Å². The largest absolute Gasteiger partial charge is 0.492 e. The maximum Gasteiger partial charge on any atom is 0.293 e. The van der Waals surface area contributed by atoms with Crippen LogP contribution >= 0.6 is 0 Å². The second-order valence-electron chi connectivity index (χ2n) is 5.87. The first-order chi connectivity index (χ1) is 12.3. The summed E-state index contributed by atoms with van der Waals surface area (Å²) >= 11 is 0. The Bertz CT molecular complexity index is 781.